The zero-order valence-electron chi connectivity index (χ0n) is 18.2. The van der Waals surface area contributed by atoms with Crippen molar-refractivity contribution in [1.29, 1.82) is 0 Å². The molecule has 0 aromatic heterocycles. The number of anilines is 2. The number of piperazine rings is 1. The second-order valence-electron chi connectivity index (χ2n) is 8.49. The number of nitrogens with zero attached hydrogens (tertiary/aromatic N) is 4. The van der Waals surface area contributed by atoms with E-state index in [9.17, 15) is 23.3 Å². The molecular weight excluding hydrogens is 478 g/mol. The van der Waals surface area contributed by atoms with Gasteiger partial charge in [-0.3, -0.25) is 19.9 Å². The number of hydrogen-bond donors (Lipinski definition) is 1. The number of sulfone groups is 1. The number of nitro benzene ring substituents is 1. The number of non-ortho nitro benzene ring substituents is 1. The van der Waals surface area contributed by atoms with Gasteiger partial charge >= 0.3 is 0 Å². The first kappa shape index (κ1) is 22.7. The largest absolute Gasteiger partial charge is 0.368 e. The van der Waals surface area contributed by atoms with Crippen molar-refractivity contribution in [3.05, 3.63) is 64.2 Å². The van der Waals surface area contributed by atoms with E-state index >= 15 is 0 Å². The fourth-order valence-corrected chi connectivity index (χ4v) is 8.05. The smallest absolute Gasteiger partial charge is 0.269 e. The van der Waals surface area contributed by atoms with Crippen molar-refractivity contribution in [1.82, 2.24) is 4.90 Å². The lowest BCUT2D eigenvalue weighted by molar-refractivity contribution is -0.384. The van der Waals surface area contributed by atoms with Gasteiger partial charge in [-0.1, -0.05) is 11.8 Å². The van der Waals surface area contributed by atoms with Crippen LogP contribution in [0.15, 0.2) is 53.5 Å². The number of carbonyl (C=O) groups is 1. The Morgan fingerprint density at radius 3 is 2.32 bits per heavy atom. The molecule has 2 aromatic rings. The standard InChI is InChI=1S/C22H23N5O5S2/c28-21(26-11-9-25(10-12-26)17-5-7-18(8-6-17)27(29)30)15-1-3-16(4-2-15)23-22-24-19-13-34(31,32)14-20(19)33-22/h1-8,19-20H,9-14H2,(H,23,24). The number of amides is 1. The van der Waals surface area contributed by atoms with E-state index in [-0.39, 0.29) is 34.4 Å². The van der Waals surface area contributed by atoms with Crippen LogP contribution < -0.4 is 10.2 Å². The quantitative estimate of drug-likeness (QED) is 0.500. The number of nitro groups is 1. The summed E-state index contributed by atoms with van der Waals surface area (Å²) in [4.78, 5) is 31.8. The maximum absolute atomic E-state index is 12.9. The van der Waals surface area contributed by atoms with Gasteiger partial charge in [-0.2, -0.15) is 0 Å². The molecule has 2 fully saturated rings. The third kappa shape index (κ3) is 4.73. The average Bonchev–Trinajstić information content (AvgIpc) is 3.31. The Labute approximate surface area is 201 Å². The van der Waals surface area contributed by atoms with Crippen LogP contribution in [0.1, 0.15) is 10.4 Å². The first-order valence-electron chi connectivity index (χ1n) is 10.9. The number of hydrogen-bond acceptors (Lipinski definition) is 9. The van der Waals surface area contributed by atoms with Gasteiger partial charge < -0.3 is 15.1 Å². The van der Waals surface area contributed by atoms with E-state index in [1.54, 1.807) is 24.3 Å². The molecule has 12 heteroatoms. The van der Waals surface area contributed by atoms with Gasteiger partial charge in [0.05, 0.1) is 22.5 Å². The van der Waals surface area contributed by atoms with Crippen LogP contribution in [-0.2, 0) is 9.84 Å². The van der Waals surface area contributed by atoms with Crippen molar-refractivity contribution in [3.8, 4) is 0 Å². The highest BCUT2D eigenvalue weighted by Gasteiger charge is 2.42. The van der Waals surface area contributed by atoms with Gasteiger partial charge in [-0.25, -0.2) is 8.42 Å². The molecule has 5 rings (SSSR count). The van der Waals surface area contributed by atoms with Gasteiger partial charge in [0.2, 0.25) is 0 Å². The van der Waals surface area contributed by atoms with Crippen molar-refractivity contribution in [2.24, 2.45) is 4.99 Å². The van der Waals surface area contributed by atoms with Crippen LogP contribution in [0.25, 0.3) is 0 Å². The van der Waals surface area contributed by atoms with E-state index in [0.717, 1.165) is 11.4 Å². The predicted molar refractivity (Wildman–Crippen MR) is 133 cm³/mol. The predicted octanol–water partition coefficient (Wildman–Crippen LogP) is 2.24. The molecule has 10 nitrogen and oxygen atoms in total. The number of carbonyl (C=O) groups excluding carboxylic acids is 1. The molecule has 3 heterocycles. The molecule has 2 aromatic carbocycles. The number of aliphatic imine (C=N–C) groups is 1. The summed E-state index contributed by atoms with van der Waals surface area (Å²) in [6.45, 7) is 2.43. The Morgan fingerprint density at radius 1 is 1.03 bits per heavy atom. The highest BCUT2D eigenvalue weighted by atomic mass is 32.2. The summed E-state index contributed by atoms with van der Waals surface area (Å²) >= 11 is 1.46. The van der Waals surface area contributed by atoms with E-state index < -0.39 is 14.8 Å². The topological polar surface area (TPSA) is 125 Å². The zero-order chi connectivity index (χ0) is 23.9. The second kappa shape index (κ2) is 8.91. The summed E-state index contributed by atoms with van der Waals surface area (Å²) in [5, 5.41) is 14.7. The number of nitrogens with one attached hydrogen (secondary N) is 1. The maximum Gasteiger partial charge on any atom is 0.269 e. The van der Waals surface area contributed by atoms with Crippen LogP contribution >= 0.6 is 11.8 Å². The molecule has 1 N–H and O–H groups in total. The van der Waals surface area contributed by atoms with Gasteiger partial charge in [0.1, 0.15) is 0 Å². The molecule has 3 aliphatic heterocycles. The Balaban J connectivity index is 1.15. The first-order chi connectivity index (χ1) is 16.3. The van der Waals surface area contributed by atoms with Crippen molar-refractivity contribution >= 4 is 49.7 Å². The lowest BCUT2D eigenvalue weighted by Gasteiger charge is -2.36. The molecule has 0 aliphatic carbocycles. The summed E-state index contributed by atoms with van der Waals surface area (Å²) < 4.78 is 23.4. The number of thioether (sulfide) groups is 1. The first-order valence-corrected chi connectivity index (χ1v) is 13.6. The molecule has 2 unspecified atom stereocenters. The second-order valence-corrected chi connectivity index (χ2v) is 11.9. The summed E-state index contributed by atoms with van der Waals surface area (Å²) in [7, 11) is -2.98. The molecule has 34 heavy (non-hydrogen) atoms. The molecule has 178 valence electrons. The molecule has 2 atom stereocenters. The zero-order valence-corrected chi connectivity index (χ0v) is 19.8. The van der Waals surface area contributed by atoms with Gasteiger partial charge in [-0.05, 0) is 36.4 Å². The lowest BCUT2D eigenvalue weighted by Crippen LogP contribution is -2.48. The summed E-state index contributed by atoms with van der Waals surface area (Å²) in [5.74, 6) is 0.241. The third-order valence-electron chi connectivity index (χ3n) is 6.19. The minimum absolute atomic E-state index is 0.0157. The molecule has 0 bridgehead atoms. The molecule has 0 radical (unpaired) electrons. The van der Waals surface area contributed by atoms with E-state index in [1.807, 2.05) is 17.0 Å². The normalized spacial score (nSPS) is 23.4. The number of amidine groups is 1. The number of fused-ring (bicyclic) bond motifs is 1. The summed E-state index contributed by atoms with van der Waals surface area (Å²) in [6, 6.07) is 13.5. The fraction of sp³-hybridized carbons (Fsp3) is 0.364. The monoisotopic (exact) mass is 501 g/mol. The third-order valence-corrected chi connectivity index (χ3v) is 9.34. The molecule has 1 amide bonds. The average molecular weight is 502 g/mol. The van der Waals surface area contributed by atoms with Crippen LogP contribution in [0.3, 0.4) is 0 Å². The Bertz CT molecular complexity index is 1240. The highest BCUT2D eigenvalue weighted by Crippen LogP contribution is 2.34. The van der Waals surface area contributed by atoms with Gasteiger partial charge in [-0.15, -0.1) is 0 Å². The Kier molecular flexibility index (Phi) is 5.94. The molecular formula is C22H23N5O5S2. The molecule has 2 saturated heterocycles. The van der Waals surface area contributed by atoms with Crippen molar-refractivity contribution in [2.75, 3.05) is 47.9 Å². The maximum atomic E-state index is 12.9. The van der Waals surface area contributed by atoms with Crippen molar-refractivity contribution in [2.45, 2.75) is 11.3 Å². The van der Waals surface area contributed by atoms with Crippen LogP contribution in [0.2, 0.25) is 0 Å². The van der Waals surface area contributed by atoms with Crippen LogP contribution in [0.5, 0.6) is 0 Å². The van der Waals surface area contributed by atoms with Crippen LogP contribution in [0.4, 0.5) is 17.1 Å². The SMILES string of the molecule is O=C(c1ccc(NC2=NC3CS(=O)(=O)CC3S2)cc1)N1CCN(c2ccc([N+](=O)[O-])cc2)CC1. The van der Waals surface area contributed by atoms with Crippen LogP contribution in [-0.4, -0.2) is 78.3 Å². The minimum atomic E-state index is -2.98. The number of benzene rings is 2. The van der Waals surface area contributed by atoms with Crippen LogP contribution in [0, 0.1) is 10.1 Å². The van der Waals surface area contributed by atoms with Crippen molar-refractivity contribution in [3.63, 3.8) is 0 Å². The Hall–Kier alpha value is -3.12. The minimum Gasteiger partial charge on any atom is -0.368 e. The molecule has 3 aliphatic rings. The van der Waals surface area contributed by atoms with Gasteiger partial charge in [0.15, 0.2) is 15.0 Å². The van der Waals surface area contributed by atoms with E-state index in [2.05, 4.69) is 15.2 Å². The Morgan fingerprint density at radius 2 is 1.71 bits per heavy atom. The lowest BCUT2D eigenvalue weighted by atomic mass is 10.1. The number of rotatable bonds is 4. The van der Waals surface area contributed by atoms with Gasteiger partial charge in [0, 0.05) is 60.5 Å². The highest BCUT2D eigenvalue weighted by molar-refractivity contribution is 8.15. The van der Waals surface area contributed by atoms with E-state index in [0.29, 0.717) is 36.9 Å². The summed E-state index contributed by atoms with van der Waals surface area (Å²) in [6.07, 6.45) is 0. The van der Waals surface area contributed by atoms with Gasteiger partial charge in [0.25, 0.3) is 11.6 Å². The summed E-state index contributed by atoms with van der Waals surface area (Å²) in [5.41, 5.74) is 2.36. The van der Waals surface area contributed by atoms with E-state index in [4.69, 9.17) is 0 Å². The molecule has 0 saturated carbocycles. The fourth-order valence-electron chi connectivity index (χ4n) is 4.37. The molecule has 0 spiro atoms. The van der Waals surface area contributed by atoms with E-state index in [1.165, 1.54) is 23.9 Å². The van der Waals surface area contributed by atoms with Crippen molar-refractivity contribution < 1.29 is 18.1 Å².